The third-order valence-corrected chi connectivity index (χ3v) is 5.88. The molecule has 0 aromatic heterocycles. The maximum absolute atomic E-state index is 11.5. The van der Waals surface area contributed by atoms with Crippen LogP contribution in [0.2, 0.25) is 0 Å². The van der Waals surface area contributed by atoms with Crippen LogP contribution in [0.1, 0.15) is 30.4 Å². The van der Waals surface area contributed by atoms with Gasteiger partial charge in [0.25, 0.3) is 0 Å². The average molecular weight is 353 g/mol. The molecule has 1 aromatic carbocycles. The Balaban J connectivity index is 1.57. The van der Waals surface area contributed by atoms with Gasteiger partial charge in [-0.15, -0.1) is 0 Å². The van der Waals surface area contributed by atoms with Gasteiger partial charge < -0.3 is 15.4 Å². The second kappa shape index (κ2) is 7.95. The van der Waals surface area contributed by atoms with Gasteiger partial charge in [-0.2, -0.15) is 0 Å². The van der Waals surface area contributed by atoms with Crippen molar-refractivity contribution in [3.05, 3.63) is 35.4 Å². The van der Waals surface area contributed by atoms with E-state index in [1.807, 2.05) is 18.2 Å². The number of benzene rings is 1. The van der Waals surface area contributed by atoms with Crippen molar-refractivity contribution in [2.45, 2.75) is 43.6 Å². The Labute approximate surface area is 145 Å². The lowest BCUT2D eigenvalue weighted by Gasteiger charge is -2.33. The lowest BCUT2D eigenvalue weighted by atomic mass is 9.94. The summed E-state index contributed by atoms with van der Waals surface area (Å²) in [7, 11) is -2.99. The summed E-state index contributed by atoms with van der Waals surface area (Å²) in [5.74, 6) is 0.723. The highest BCUT2D eigenvalue weighted by Gasteiger charge is 2.34. The average Bonchev–Trinajstić information content (AvgIpc) is 3.01. The molecule has 1 aliphatic carbocycles. The van der Waals surface area contributed by atoms with E-state index in [-0.39, 0.29) is 5.75 Å². The van der Waals surface area contributed by atoms with Crippen molar-refractivity contribution in [1.29, 1.82) is 0 Å². The van der Waals surface area contributed by atoms with E-state index < -0.39 is 9.84 Å². The van der Waals surface area contributed by atoms with E-state index in [2.05, 4.69) is 16.7 Å². The van der Waals surface area contributed by atoms with E-state index in [1.165, 1.54) is 25.5 Å². The highest BCUT2D eigenvalue weighted by atomic mass is 32.2. The molecule has 1 saturated carbocycles. The largest absolute Gasteiger partial charge is 0.379 e. The van der Waals surface area contributed by atoms with Gasteiger partial charge in [0, 0.05) is 31.4 Å². The van der Waals surface area contributed by atoms with Crippen molar-refractivity contribution in [2.75, 3.05) is 26.0 Å². The summed E-state index contributed by atoms with van der Waals surface area (Å²) in [6, 6.07) is 8.84. The molecule has 1 aromatic rings. The summed E-state index contributed by atoms with van der Waals surface area (Å²) in [6.07, 6.45) is 4.98. The molecule has 134 valence electrons. The molecule has 2 N–H and O–H groups in total. The van der Waals surface area contributed by atoms with Crippen LogP contribution in [0, 0.1) is 5.92 Å². The highest BCUT2D eigenvalue weighted by Crippen LogP contribution is 2.29. The molecule has 0 amide bonds. The molecule has 0 spiro atoms. The van der Waals surface area contributed by atoms with E-state index in [9.17, 15) is 8.42 Å². The number of hydrogen-bond acceptors (Lipinski definition) is 5. The monoisotopic (exact) mass is 352 g/mol. The van der Waals surface area contributed by atoms with Crippen molar-refractivity contribution in [3.8, 4) is 0 Å². The van der Waals surface area contributed by atoms with Gasteiger partial charge in [0.2, 0.25) is 0 Å². The van der Waals surface area contributed by atoms with E-state index in [0.717, 1.165) is 37.4 Å². The first-order valence-electron chi connectivity index (χ1n) is 8.81. The van der Waals surface area contributed by atoms with Gasteiger partial charge in [-0.1, -0.05) is 30.7 Å². The fourth-order valence-electron chi connectivity index (χ4n) is 3.97. The molecule has 0 radical (unpaired) electrons. The second-order valence-corrected chi connectivity index (χ2v) is 9.25. The van der Waals surface area contributed by atoms with E-state index in [4.69, 9.17) is 4.74 Å². The normalized spacial score (nSPS) is 28.1. The Hall–Kier alpha value is -0.950. The number of sulfone groups is 1. The molecule has 3 atom stereocenters. The summed E-state index contributed by atoms with van der Waals surface area (Å²) in [5, 5.41) is 7.28. The zero-order chi connectivity index (χ0) is 17.0. The fraction of sp³-hybridized carbons (Fsp3) is 0.667. The molecule has 3 unspecified atom stereocenters. The maximum Gasteiger partial charge on any atom is 0.151 e. The lowest BCUT2D eigenvalue weighted by Crippen LogP contribution is -2.50. The smallest absolute Gasteiger partial charge is 0.151 e. The van der Waals surface area contributed by atoms with Crippen molar-refractivity contribution in [2.24, 2.45) is 5.92 Å². The molecular formula is C18H28N2O3S. The van der Waals surface area contributed by atoms with Crippen LogP contribution in [-0.4, -0.2) is 46.5 Å². The molecule has 1 aliphatic heterocycles. The van der Waals surface area contributed by atoms with E-state index in [1.54, 1.807) is 0 Å². The predicted molar refractivity (Wildman–Crippen MR) is 95.6 cm³/mol. The topological polar surface area (TPSA) is 67.4 Å². The molecule has 0 bridgehead atoms. The summed E-state index contributed by atoms with van der Waals surface area (Å²) in [4.78, 5) is 0. The summed E-state index contributed by atoms with van der Waals surface area (Å²) in [6.45, 7) is 3.36. The Morgan fingerprint density at radius 2 is 2.12 bits per heavy atom. The first-order chi connectivity index (χ1) is 11.5. The van der Waals surface area contributed by atoms with Crippen LogP contribution in [0.5, 0.6) is 0 Å². The zero-order valence-corrected chi connectivity index (χ0v) is 15.1. The predicted octanol–water partition coefficient (Wildman–Crippen LogP) is 1.48. The number of ether oxygens (including phenoxy) is 1. The summed E-state index contributed by atoms with van der Waals surface area (Å²) in [5.41, 5.74) is 2.01. The van der Waals surface area contributed by atoms with Crippen LogP contribution >= 0.6 is 0 Å². The van der Waals surface area contributed by atoms with Crippen molar-refractivity contribution >= 4 is 9.84 Å². The number of morpholine rings is 1. The second-order valence-electron chi connectivity index (χ2n) is 7.11. The minimum absolute atomic E-state index is 0.107. The van der Waals surface area contributed by atoms with Crippen LogP contribution in [0.3, 0.4) is 0 Å². The Morgan fingerprint density at radius 1 is 1.29 bits per heavy atom. The van der Waals surface area contributed by atoms with Crippen LogP contribution in [0.4, 0.5) is 0 Å². The van der Waals surface area contributed by atoms with Gasteiger partial charge in [0.05, 0.1) is 19.0 Å². The Kier molecular flexibility index (Phi) is 5.92. The first kappa shape index (κ1) is 17.9. The van der Waals surface area contributed by atoms with Crippen LogP contribution in [0.25, 0.3) is 0 Å². The molecule has 3 rings (SSSR count). The van der Waals surface area contributed by atoms with Crippen molar-refractivity contribution < 1.29 is 13.2 Å². The Morgan fingerprint density at radius 3 is 2.88 bits per heavy atom. The summed E-state index contributed by atoms with van der Waals surface area (Å²) >= 11 is 0. The standard InChI is InChI=1S/C18H28N2O3S/c1-24(21,22)13-15-5-2-4-14(10-15)11-20-17-7-3-6-16(17)18-12-23-9-8-19-18/h2,4-5,10,16-20H,3,6-9,11-13H2,1H3. The molecule has 1 saturated heterocycles. The number of hydrogen-bond donors (Lipinski definition) is 2. The third-order valence-electron chi connectivity index (χ3n) is 5.03. The van der Waals surface area contributed by atoms with Crippen LogP contribution < -0.4 is 10.6 Å². The fourth-order valence-corrected chi connectivity index (χ4v) is 4.75. The molecular weight excluding hydrogens is 324 g/mol. The molecule has 1 heterocycles. The number of nitrogens with one attached hydrogen (secondary N) is 2. The van der Waals surface area contributed by atoms with Gasteiger partial charge in [-0.25, -0.2) is 8.42 Å². The van der Waals surface area contributed by atoms with Crippen LogP contribution in [-0.2, 0) is 26.9 Å². The number of rotatable bonds is 6. The molecule has 2 aliphatic rings. The lowest BCUT2D eigenvalue weighted by molar-refractivity contribution is 0.0524. The SMILES string of the molecule is CS(=O)(=O)Cc1cccc(CNC2CCCC2C2COCCN2)c1. The Bertz CT molecular complexity index is 641. The van der Waals surface area contributed by atoms with Gasteiger partial charge in [0.1, 0.15) is 0 Å². The van der Waals surface area contributed by atoms with Gasteiger partial charge in [0.15, 0.2) is 9.84 Å². The molecule has 2 fully saturated rings. The van der Waals surface area contributed by atoms with Crippen LogP contribution in [0.15, 0.2) is 24.3 Å². The third kappa shape index (κ3) is 5.02. The van der Waals surface area contributed by atoms with Gasteiger partial charge in [-0.05, 0) is 29.9 Å². The minimum atomic E-state index is -2.99. The molecule has 5 nitrogen and oxygen atoms in total. The molecule has 24 heavy (non-hydrogen) atoms. The first-order valence-corrected chi connectivity index (χ1v) is 10.9. The highest BCUT2D eigenvalue weighted by molar-refractivity contribution is 7.89. The van der Waals surface area contributed by atoms with E-state index >= 15 is 0 Å². The zero-order valence-electron chi connectivity index (χ0n) is 14.3. The minimum Gasteiger partial charge on any atom is -0.379 e. The van der Waals surface area contributed by atoms with Crippen molar-refractivity contribution in [1.82, 2.24) is 10.6 Å². The van der Waals surface area contributed by atoms with Gasteiger partial charge in [-0.3, -0.25) is 0 Å². The maximum atomic E-state index is 11.5. The molecule has 6 heteroatoms. The summed E-state index contributed by atoms with van der Waals surface area (Å²) < 4.78 is 28.5. The van der Waals surface area contributed by atoms with Gasteiger partial charge >= 0.3 is 0 Å². The van der Waals surface area contributed by atoms with E-state index in [0.29, 0.717) is 18.0 Å². The quantitative estimate of drug-likeness (QED) is 0.812. The van der Waals surface area contributed by atoms with Crippen molar-refractivity contribution in [3.63, 3.8) is 0 Å².